The molecule has 0 fully saturated rings. The van der Waals surface area contributed by atoms with E-state index in [-0.39, 0.29) is 24.2 Å². The van der Waals surface area contributed by atoms with Crippen LogP contribution < -0.4 is 15.4 Å². The molecule has 0 aliphatic heterocycles. The van der Waals surface area contributed by atoms with Crippen molar-refractivity contribution in [2.24, 2.45) is 0 Å². The molecule has 1 aromatic rings. The van der Waals surface area contributed by atoms with Gasteiger partial charge in [0.2, 0.25) is 0 Å². The van der Waals surface area contributed by atoms with Crippen LogP contribution in [0.5, 0.6) is 5.75 Å². The van der Waals surface area contributed by atoms with Gasteiger partial charge in [-0.1, -0.05) is 12.1 Å². The van der Waals surface area contributed by atoms with Gasteiger partial charge in [0, 0.05) is 12.0 Å². The van der Waals surface area contributed by atoms with Crippen molar-refractivity contribution in [1.82, 2.24) is 10.6 Å². The fourth-order valence-electron chi connectivity index (χ4n) is 2.15. The largest absolute Gasteiger partial charge is 0.481 e. The Kier molecular flexibility index (Phi) is 7.37. The highest BCUT2D eigenvalue weighted by Gasteiger charge is 2.42. The fourth-order valence-corrected chi connectivity index (χ4v) is 2.15. The number of halogens is 5. The van der Waals surface area contributed by atoms with Crippen LogP contribution in [-0.4, -0.2) is 35.4 Å². The second-order valence-electron chi connectivity index (χ2n) is 6.30. The third-order valence-electron chi connectivity index (χ3n) is 3.46. The summed E-state index contributed by atoms with van der Waals surface area (Å²) in [6, 6.07) is 0.124. The summed E-state index contributed by atoms with van der Waals surface area (Å²) in [5.41, 5.74) is -1.45. The molecule has 6 nitrogen and oxygen atoms in total. The van der Waals surface area contributed by atoms with Crippen LogP contribution in [-0.2, 0) is 4.79 Å². The van der Waals surface area contributed by atoms with Gasteiger partial charge in [-0.15, -0.1) is 0 Å². The molecule has 0 aromatic heterocycles. The molecule has 11 heteroatoms. The molecule has 152 valence electrons. The zero-order valence-corrected chi connectivity index (χ0v) is 14.4. The number of alkyl halides is 5. The third-order valence-corrected chi connectivity index (χ3v) is 3.46. The highest BCUT2D eigenvalue weighted by Crippen LogP contribution is 2.33. The Morgan fingerprint density at radius 3 is 2.15 bits per heavy atom. The van der Waals surface area contributed by atoms with Crippen LogP contribution in [0.15, 0.2) is 24.3 Å². The highest BCUT2D eigenvalue weighted by molar-refractivity contribution is 5.75. The third kappa shape index (κ3) is 8.09. The Bertz CT molecular complexity index is 647. The molecule has 0 radical (unpaired) electrons. The van der Waals surface area contributed by atoms with E-state index >= 15 is 0 Å². The molecule has 1 aromatic carbocycles. The molecule has 27 heavy (non-hydrogen) atoms. The summed E-state index contributed by atoms with van der Waals surface area (Å²) in [5, 5.41) is 12.7. The maximum Gasteiger partial charge on any atom is 0.412 e. The summed E-state index contributed by atoms with van der Waals surface area (Å²) in [6.07, 6.45) is -5.12. The van der Waals surface area contributed by atoms with E-state index in [9.17, 15) is 31.5 Å². The minimum absolute atomic E-state index is 0.00605. The Morgan fingerprint density at radius 1 is 1.15 bits per heavy atom. The molecule has 0 aliphatic carbocycles. The molecular formula is C16H19F5N2O4. The molecule has 2 amide bonds. The van der Waals surface area contributed by atoms with Gasteiger partial charge in [-0.2, -0.15) is 22.0 Å². The molecule has 1 atom stereocenters. The van der Waals surface area contributed by atoms with Crippen molar-refractivity contribution < 1.29 is 41.4 Å². The average molecular weight is 398 g/mol. The number of benzene rings is 1. The molecule has 0 saturated carbocycles. The van der Waals surface area contributed by atoms with Gasteiger partial charge < -0.3 is 20.5 Å². The summed E-state index contributed by atoms with van der Waals surface area (Å²) in [5.74, 6) is -1.43. The first-order chi connectivity index (χ1) is 12.3. The van der Waals surface area contributed by atoms with E-state index in [1.54, 1.807) is 5.32 Å². The van der Waals surface area contributed by atoms with E-state index in [0.29, 0.717) is 0 Å². The van der Waals surface area contributed by atoms with Gasteiger partial charge in [-0.3, -0.25) is 4.79 Å². The van der Waals surface area contributed by atoms with Crippen LogP contribution in [0.25, 0.3) is 0 Å². The molecule has 0 saturated heterocycles. The van der Waals surface area contributed by atoms with Crippen molar-refractivity contribution in [2.75, 3.05) is 0 Å². The summed E-state index contributed by atoms with van der Waals surface area (Å²) in [6.45, 7) is -0.186. The maximum atomic E-state index is 13.3. The SMILES string of the molecule is CC(C)(CCC(=O)O)NC(=O)NC(c1ccc(OC(F)F)cc1)C(F)(F)F. The smallest absolute Gasteiger partial charge is 0.412 e. The van der Waals surface area contributed by atoms with E-state index in [1.807, 2.05) is 0 Å². The lowest BCUT2D eigenvalue weighted by molar-refractivity contribution is -0.155. The second kappa shape index (κ2) is 8.87. The average Bonchev–Trinajstić information content (AvgIpc) is 2.50. The van der Waals surface area contributed by atoms with Gasteiger partial charge in [0.05, 0.1) is 0 Å². The minimum Gasteiger partial charge on any atom is -0.481 e. The van der Waals surface area contributed by atoms with Crippen molar-refractivity contribution >= 4 is 12.0 Å². The number of hydrogen-bond donors (Lipinski definition) is 3. The quantitative estimate of drug-likeness (QED) is 0.581. The maximum absolute atomic E-state index is 13.3. The number of carbonyl (C=O) groups excluding carboxylic acids is 1. The Balaban J connectivity index is 2.86. The number of aliphatic carboxylic acids is 1. The summed E-state index contributed by atoms with van der Waals surface area (Å²) < 4.78 is 68.2. The Hall–Kier alpha value is -2.59. The van der Waals surface area contributed by atoms with Crippen molar-refractivity contribution in [2.45, 2.75) is 51.1 Å². The van der Waals surface area contributed by atoms with E-state index in [2.05, 4.69) is 10.1 Å². The van der Waals surface area contributed by atoms with Crippen molar-refractivity contribution in [1.29, 1.82) is 0 Å². The summed E-state index contributed by atoms with van der Waals surface area (Å²) in [4.78, 5) is 22.5. The molecule has 1 rings (SSSR count). The van der Waals surface area contributed by atoms with Crippen LogP contribution in [0.2, 0.25) is 0 Å². The van der Waals surface area contributed by atoms with Gasteiger partial charge in [0.1, 0.15) is 5.75 Å². The monoisotopic (exact) mass is 398 g/mol. The Labute approximate surface area is 151 Å². The van der Waals surface area contributed by atoms with E-state index in [4.69, 9.17) is 5.11 Å². The number of carboxylic acids is 1. The molecule has 1 unspecified atom stereocenters. The number of rotatable bonds is 8. The van der Waals surface area contributed by atoms with Crippen LogP contribution in [0.4, 0.5) is 26.7 Å². The Morgan fingerprint density at radius 2 is 1.70 bits per heavy atom. The van der Waals surface area contributed by atoms with E-state index in [1.165, 1.54) is 13.8 Å². The number of carbonyl (C=O) groups is 2. The van der Waals surface area contributed by atoms with Gasteiger partial charge in [-0.05, 0) is 38.0 Å². The number of hydrogen-bond acceptors (Lipinski definition) is 3. The lowest BCUT2D eigenvalue weighted by atomic mass is 9.98. The number of ether oxygens (including phenoxy) is 1. The molecule has 0 heterocycles. The van der Waals surface area contributed by atoms with Crippen LogP contribution in [0.3, 0.4) is 0 Å². The first-order valence-corrected chi connectivity index (χ1v) is 7.72. The first-order valence-electron chi connectivity index (χ1n) is 7.72. The van der Waals surface area contributed by atoms with Crippen molar-refractivity contribution in [3.63, 3.8) is 0 Å². The first kappa shape index (κ1) is 22.5. The number of nitrogens with one attached hydrogen (secondary N) is 2. The van der Waals surface area contributed by atoms with Crippen molar-refractivity contribution in [3.8, 4) is 5.75 Å². The summed E-state index contributed by atoms with van der Waals surface area (Å²) >= 11 is 0. The van der Waals surface area contributed by atoms with Crippen LogP contribution >= 0.6 is 0 Å². The van der Waals surface area contributed by atoms with E-state index in [0.717, 1.165) is 24.3 Å². The lowest BCUT2D eigenvalue weighted by Crippen LogP contribution is -2.51. The zero-order chi connectivity index (χ0) is 20.8. The molecule has 0 spiro atoms. The van der Waals surface area contributed by atoms with E-state index < -0.39 is 36.4 Å². The summed E-state index contributed by atoms with van der Waals surface area (Å²) in [7, 11) is 0. The van der Waals surface area contributed by atoms with Gasteiger partial charge in [0.15, 0.2) is 6.04 Å². The highest BCUT2D eigenvalue weighted by atomic mass is 19.4. The molecule has 0 aliphatic rings. The minimum atomic E-state index is -4.85. The standard InChI is InChI=1S/C16H19F5N2O4/c1-15(2,8-7-11(24)25)23-14(26)22-12(16(19,20)21)9-3-5-10(6-4-9)27-13(17)18/h3-6,12-13H,7-8H2,1-2H3,(H,24,25)(H2,22,23,26). The zero-order valence-electron chi connectivity index (χ0n) is 14.4. The lowest BCUT2D eigenvalue weighted by Gasteiger charge is -2.28. The fraction of sp³-hybridized carbons (Fsp3) is 0.500. The second-order valence-corrected chi connectivity index (χ2v) is 6.30. The number of amides is 2. The van der Waals surface area contributed by atoms with Gasteiger partial charge in [0.25, 0.3) is 0 Å². The molecule has 0 bridgehead atoms. The molecule has 3 N–H and O–H groups in total. The predicted molar refractivity (Wildman–Crippen MR) is 84.5 cm³/mol. The normalized spacial score (nSPS) is 13.2. The number of carboxylic acid groups (broad SMARTS) is 1. The van der Waals surface area contributed by atoms with Gasteiger partial charge >= 0.3 is 24.8 Å². The topological polar surface area (TPSA) is 87.7 Å². The van der Waals surface area contributed by atoms with Crippen LogP contribution in [0.1, 0.15) is 38.3 Å². The van der Waals surface area contributed by atoms with Crippen LogP contribution in [0, 0.1) is 0 Å². The predicted octanol–water partition coefficient (Wildman–Crippen LogP) is 3.83. The van der Waals surface area contributed by atoms with Crippen molar-refractivity contribution in [3.05, 3.63) is 29.8 Å². The molecular weight excluding hydrogens is 379 g/mol. The van der Waals surface area contributed by atoms with Gasteiger partial charge in [-0.25, -0.2) is 4.79 Å². The number of urea groups is 1.